The molecule has 1 fully saturated rings. The van der Waals surface area contributed by atoms with Gasteiger partial charge in [0.25, 0.3) is 5.91 Å². The standard InChI is InChI=1S/C20H30N2O5S/c1-6-7-19(24)27-13-18(23)21-8-10-22(11-9-21)28(25,26)20-16(4)14(2)12-15(3)17(20)5/h12H,6-11,13H2,1-5H3. The third-order valence-electron chi connectivity index (χ3n) is 5.30. The highest BCUT2D eigenvalue weighted by Crippen LogP contribution is 2.29. The summed E-state index contributed by atoms with van der Waals surface area (Å²) in [7, 11) is -3.64. The highest BCUT2D eigenvalue weighted by molar-refractivity contribution is 7.89. The number of esters is 1. The van der Waals surface area contributed by atoms with Gasteiger partial charge >= 0.3 is 5.97 Å². The monoisotopic (exact) mass is 410 g/mol. The molecular weight excluding hydrogens is 380 g/mol. The molecule has 156 valence electrons. The lowest BCUT2D eigenvalue weighted by Crippen LogP contribution is -2.51. The van der Waals surface area contributed by atoms with Gasteiger partial charge in [-0.2, -0.15) is 4.31 Å². The van der Waals surface area contributed by atoms with Gasteiger partial charge in [-0.05, 0) is 56.4 Å². The van der Waals surface area contributed by atoms with Crippen LogP contribution in [-0.2, 0) is 24.3 Å². The number of benzene rings is 1. The number of piperazine rings is 1. The fraction of sp³-hybridized carbons (Fsp3) is 0.600. The van der Waals surface area contributed by atoms with Gasteiger partial charge in [0, 0.05) is 32.6 Å². The summed E-state index contributed by atoms with van der Waals surface area (Å²) in [5, 5.41) is 0. The highest BCUT2D eigenvalue weighted by atomic mass is 32.2. The number of amides is 1. The fourth-order valence-corrected chi connectivity index (χ4v) is 5.38. The number of ether oxygens (including phenoxy) is 1. The zero-order valence-electron chi connectivity index (χ0n) is 17.4. The summed E-state index contributed by atoms with van der Waals surface area (Å²) in [6.45, 7) is 10.1. The Morgan fingerprint density at radius 3 is 2.04 bits per heavy atom. The summed E-state index contributed by atoms with van der Waals surface area (Å²) in [5.74, 6) is -0.682. The van der Waals surface area contributed by atoms with Crippen molar-refractivity contribution < 1.29 is 22.7 Å². The van der Waals surface area contributed by atoms with Gasteiger partial charge in [-0.15, -0.1) is 0 Å². The van der Waals surface area contributed by atoms with Crippen LogP contribution in [-0.4, -0.2) is 62.3 Å². The molecule has 1 heterocycles. The van der Waals surface area contributed by atoms with E-state index >= 15 is 0 Å². The Bertz CT molecular complexity index is 830. The second-order valence-corrected chi connectivity index (χ2v) is 9.16. The normalized spacial score (nSPS) is 15.5. The topological polar surface area (TPSA) is 84.0 Å². The molecule has 1 aromatic rings. The predicted molar refractivity (Wildman–Crippen MR) is 107 cm³/mol. The van der Waals surface area contributed by atoms with Crippen LogP contribution in [0.5, 0.6) is 0 Å². The highest BCUT2D eigenvalue weighted by Gasteiger charge is 2.33. The van der Waals surface area contributed by atoms with Gasteiger partial charge in [-0.3, -0.25) is 9.59 Å². The maximum absolute atomic E-state index is 13.2. The number of aryl methyl sites for hydroxylation is 2. The van der Waals surface area contributed by atoms with Crippen molar-refractivity contribution in [2.24, 2.45) is 0 Å². The van der Waals surface area contributed by atoms with E-state index in [1.165, 1.54) is 4.31 Å². The van der Waals surface area contributed by atoms with E-state index in [4.69, 9.17) is 4.74 Å². The molecule has 1 amide bonds. The summed E-state index contributed by atoms with van der Waals surface area (Å²) < 4.78 is 32.9. The molecule has 0 radical (unpaired) electrons. The second kappa shape index (κ2) is 9.05. The van der Waals surface area contributed by atoms with E-state index in [1.54, 1.807) is 4.90 Å². The minimum Gasteiger partial charge on any atom is -0.456 e. The maximum atomic E-state index is 13.2. The van der Waals surface area contributed by atoms with Crippen LogP contribution in [0.4, 0.5) is 0 Å². The van der Waals surface area contributed by atoms with Gasteiger partial charge in [0.2, 0.25) is 10.0 Å². The van der Waals surface area contributed by atoms with Crippen molar-refractivity contribution in [1.29, 1.82) is 0 Å². The van der Waals surface area contributed by atoms with E-state index < -0.39 is 16.0 Å². The molecule has 28 heavy (non-hydrogen) atoms. The quantitative estimate of drug-likeness (QED) is 0.671. The molecule has 1 aliphatic heterocycles. The summed E-state index contributed by atoms with van der Waals surface area (Å²) in [6, 6.07) is 2.00. The third-order valence-corrected chi connectivity index (χ3v) is 7.47. The van der Waals surface area contributed by atoms with Crippen molar-refractivity contribution in [3.63, 3.8) is 0 Å². The maximum Gasteiger partial charge on any atom is 0.306 e. The van der Waals surface area contributed by atoms with Crippen LogP contribution in [0.2, 0.25) is 0 Å². The minimum absolute atomic E-state index is 0.225. The molecular formula is C20H30N2O5S. The molecule has 0 atom stereocenters. The number of rotatable bonds is 6. The molecule has 7 nitrogen and oxygen atoms in total. The van der Waals surface area contributed by atoms with Crippen LogP contribution in [0.15, 0.2) is 11.0 Å². The Balaban J connectivity index is 2.07. The van der Waals surface area contributed by atoms with E-state index in [0.717, 1.165) is 22.3 Å². The first-order chi connectivity index (χ1) is 13.1. The predicted octanol–water partition coefficient (Wildman–Crippen LogP) is 2.10. The van der Waals surface area contributed by atoms with Crippen molar-refractivity contribution >= 4 is 21.9 Å². The van der Waals surface area contributed by atoms with Gasteiger partial charge in [0.05, 0.1) is 4.90 Å². The molecule has 1 aliphatic rings. The van der Waals surface area contributed by atoms with E-state index in [0.29, 0.717) is 11.3 Å². The molecule has 1 saturated heterocycles. The van der Waals surface area contributed by atoms with Gasteiger partial charge in [-0.1, -0.05) is 13.0 Å². The Morgan fingerprint density at radius 2 is 1.54 bits per heavy atom. The minimum atomic E-state index is -3.64. The van der Waals surface area contributed by atoms with E-state index in [-0.39, 0.29) is 45.1 Å². The van der Waals surface area contributed by atoms with E-state index in [1.807, 2.05) is 40.7 Å². The number of carbonyl (C=O) groups excluding carboxylic acids is 2. The van der Waals surface area contributed by atoms with Crippen LogP contribution in [0.1, 0.15) is 42.0 Å². The molecule has 1 aromatic carbocycles. The smallest absolute Gasteiger partial charge is 0.306 e. The SMILES string of the molecule is CCCC(=O)OCC(=O)N1CCN(S(=O)(=O)c2c(C)c(C)cc(C)c2C)CC1. The van der Waals surface area contributed by atoms with Crippen LogP contribution >= 0.6 is 0 Å². The van der Waals surface area contributed by atoms with Gasteiger partial charge in [-0.25, -0.2) is 8.42 Å². The van der Waals surface area contributed by atoms with Gasteiger partial charge < -0.3 is 9.64 Å². The second-order valence-electron chi connectivity index (χ2n) is 7.29. The summed E-state index contributed by atoms with van der Waals surface area (Å²) in [5.41, 5.74) is 3.43. The molecule has 0 aromatic heterocycles. The molecule has 8 heteroatoms. The lowest BCUT2D eigenvalue weighted by Gasteiger charge is -2.34. The van der Waals surface area contributed by atoms with Crippen molar-refractivity contribution in [2.45, 2.75) is 52.4 Å². The summed E-state index contributed by atoms with van der Waals surface area (Å²) in [6.07, 6.45) is 0.953. The lowest BCUT2D eigenvalue weighted by molar-refractivity contribution is -0.152. The van der Waals surface area contributed by atoms with Crippen LogP contribution in [0.25, 0.3) is 0 Å². The summed E-state index contributed by atoms with van der Waals surface area (Å²) in [4.78, 5) is 25.5. The van der Waals surface area contributed by atoms with E-state index in [9.17, 15) is 18.0 Å². The van der Waals surface area contributed by atoms with Crippen molar-refractivity contribution in [2.75, 3.05) is 32.8 Å². The van der Waals surface area contributed by atoms with Crippen molar-refractivity contribution in [3.8, 4) is 0 Å². The number of carbonyl (C=O) groups is 2. The van der Waals surface area contributed by atoms with Crippen LogP contribution < -0.4 is 0 Å². The Morgan fingerprint density at radius 1 is 1.00 bits per heavy atom. The van der Waals surface area contributed by atoms with Gasteiger partial charge in [0.1, 0.15) is 0 Å². The Labute approximate surface area is 167 Å². The van der Waals surface area contributed by atoms with Crippen molar-refractivity contribution in [3.05, 3.63) is 28.3 Å². The first kappa shape index (κ1) is 22.4. The molecule has 0 spiro atoms. The number of nitrogens with zero attached hydrogens (tertiary/aromatic N) is 2. The lowest BCUT2D eigenvalue weighted by atomic mass is 10.0. The Kier molecular flexibility index (Phi) is 7.22. The van der Waals surface area contributed by atoms with Crippen LogP contribution in [0, 0.1) is 27.7 Å². The summed E-state index contributed by atoms with van der Waals surface area (Å²) >= 11 is 0. The Hall–Kier alpha value is -1.93. The first-order valence-corrected chi connectivity index (χ1v) is 11.0. The molecule has 0 unspecified atom stereocenters. The molecule has 2 rings (SSSR count). The van der Waals surface area contributed by atoms with E-state index in [2.05, 4.69) is 0 Å². The number of sulfonamides is 1. The number of hydrogen-bond acceptors (Lipinski definition) is 5. The average Bonchev–Trinajstić information content (AvgIpc) is 2.65. The van der Waals surface area contributed by atoms with Crippen molar-refractivity contribution in [1.82, 2.24) is 9.21 Å². The molecule has 0 aliphatic carbocycles. The largest absolute Gasteiger partial charge is 0.456 e. The average molecular weight is 411 g/mol. The molecule has 0 N–H and O–H groups in total. The first-order valence-electron chi connectivity index (χ1n) is 9.60. The molecule has 0 bridgehead atoms. The molecule has 0 saturated carbocycles. The zero-order chi connectivity index (χ0) is 21.1. The zero-order valence-corrected chi connectivity index (χ0v) is 18.2. The third kappa shape index (κ3) is 4.72. The van der Waals surface area contributed by atoms with Crippen LogP contribution in [0.3, 0.4) is 0 Å². The van der Waals surface area contributed by atoms with Gasteiger partial charge in [0.15, 0.2) is 6.61 Å². The number of hydrogen-bond donors (Lipinski definition) is 0. The fourth-order valence-electron chi connectivity index (χ4n) is 3.38.